The predicted molar refractivity (Wildman–Crippen MR) is 125 cm³/mol. The van der Waals surface area contributed by atoms with Crippen LogP contribution in [-0.4, -0.2) is 79.5 Å². The molecule has 3 rings (SSSR count). The molecule has 1 aliphatic rings. The molecule has 6 nitrogen and oxygen atoms in total. The summed E-state index contributed by atoms with van der Waals surface area (Å²) in [4.78, 5) is 23.8. The number of hydrogen-bond donors (Lipinski definition) is 0. The second-order valence-electron chi connectivity index (χ2n) is 8.48. The van der Waals surface area contributed by atoms with Gasteiger partial charge in [0.1, 0.15) is 10.9 Å². The molecule has 1 aliphatic heterocycles. The van der Waals surface area contributed by atoms with E-state index in [0.717, 1.165) is 51.3 Å². The van der Waals surface area contributed by atoms with E-state index in [0.29, 0.717) is 23.2 Å². The summed E-state index contributed by atoms with van der Waals surface area (Å²) in [5.74, 6) is 1.39. The van der Waals surface area contributed by atoms with Crippen LogP contribution in [0, 0.1) is 5.92 Å². The summed E-state index contributed by atoms with van der Waals surface area (Å²) in [6.45, 7) is 5.17. The number of hydrogen-bond acceptors (Lipinski definition) is 5. The molecule has 2 heterocycles. The number of rotatable bonds is 9. The van der Waals surface area contributed by atoms with Gasteiger partial charge in [0.2, 0.25) is 0 Å². The minimum absolute atomic E-state index is 0.0213. The Kier molecular flexibility index (Phi) is 8.69. The molecule has 0 radical (unpaired) electrons. The van der Waals surface area contributed by atoms with E-state index in [1.165, 1.54) is 5.56 Å². The Bertz CT molecular complexity index is 861. The zero-order valence-electron chi connectivity index (χ0n) is 18.8. The SMILES string of the molecule is COc1ccccc1CN1CCCC(CN(CCN(C)C)C(=O)c2ccnc(Cl)c2)C1. The second kappa shape index (κ2) is 11.5. The van der Waals surface area contributed by atoms with E-state index in [1.807, 2.05) is 31.1 Å². The first-order chi connectivity index (χ1) is 15.0. The number of carbonyl (C=O) groups excluding carboxylic acids is 1. The molecule has 2 aromatic rings. The van der Waals surface area contributed by atoms with E-state index in [-0.39, 0.29) is 5.91 Å². The van der Waals surface area contributed by atoms with Crippen molar-refractivity contribution in [2.45, 2.75) is 19.4 Å². The van der Waals surface area contributed by atoms with Crippen LogP contribution < -0.4 is 4.74 Å². The van der Waals surface area contributed by atoms with Crippen LogP contribution in [0.5, 0.6) is 5.75 Å². The van der Waals surface area contributed by atoms with Gasteiger partial charge in [-0.15, -0.1) is 0 Å². The number of aromatic nitrogens is 1. The highest BCUT2D eigenvalue weighted by Gasteiger charge is 2.25. The predicted octanol–water partition coefficient (Wildman–Crippen LogP) is 3.66. The van der Waals surface area contributed by atoms with Crippen LogP contribution in [0.2, 0.25) is 5.15 Å². The summed E-state index contributed by atoms with van der Waals surface area (Å²) in [6.07, 6.45) is 3.86. The fourth-order valence-electron chi connectivity index (χ4n) is 4.14. The Balaban J connectivity index is 1.67. The molecule has 0 N–H and O–H groups in total. The monoisotopic (exact) mass is 444 g/mol. The molecule has 7 heteroatoms. The maximum absolute atomic E-state index is 13.2. The van der Waals surface area contributed by atoms with Gasteiger partial charge in [0.25, 0.3) is 5.91 Å². The zero-order chi connectivity index (χ0) is 22.2. The van der Waals surface area contributed by atoms with E-state index in [9.17, 15) is 4.79 Å². The number of ether oxygens (including phenoxy) is 1. The summed E-state index contributed by atoms with van der Waals surface area (Å²) in [5, 5.41) is 0.346. The molecule has 1 saturated heterocycles. The van der Waals surface area contributed by atoms with Crippen LogP contribution in [0.3, 0.4) is 0 Å². The fourth-order valence-corrected chi connectivity index (χ4v) is 4.32. The number of amides is 1. The van der Waals surface area contributed by atoms with Crippen LogP contribution >= 0.6 is 11.6 Å². The third-order valence-corrected chi connectivity index (χ3v) is 5.95. The van der Waals surface area contributed by atoms with Gasteiger partial charge in [0.05, 0.1) is 7.11 Å². The number of nitrogens with zero attached hydrogens (tertiary/aromatic N) is 4. The molecule has 1 amide bonds. The number of carbonyl (C=O) groups is 1. The number of likely N-dealkylation sites (tertiary alicyclic amines) is 1. The lowest BCUT2D eigenvalue weighted by Crippen LogP contribution is -2.44. The largest absolute Gasteiger partial charge is 0.496 e. The van der Waals surface area contributed by atoms with Crippen LogP contribution in [0.15, 0.2) is 42.6 Å². The van der Waals surface area contributed by atoms with Crippen molar-refractivity contribution >= 4 is 17.5 Å². The van der Waals surface area contributed by atoms with Crippen LogP contribution in [-0.2, 0) is 6.54 Å². The van der Waals surface area contributed by atoms with E-state index in [2.05, 4.69) is 26.9 Å². The molecule has 1 unspecified atom stereocenters. The quantitative estimate of drug-likeness (QED) is 0.552. The topological polar surface area (TPSA) is 48.9 Å². The van der Waals surface area contributed by atoms with Crippen molar-refractivity contribution in [1.29, 1.82) is 0 Å². The maximum atomic E-state index is 13.2. The zero-order valence-corrected chi connectivity index (χ0v) is 19.5. The first kappa shape index (κ1) is 23.5. The minimum Gasteiger partial charge on any atom is -0.496 e. The normalized spacial score (nSPS) is 17.0. The Morgan fingerprint density at radius 2 is 2.06 bits per heavy atom. The van der Waals surface area contributed by atoms with Crippen molar-refractivity contribution in [3.05, 3.63) is 58.9 Å². The fraction of sp³-hybridized carbons (Fsp3) is 0.500. The molecule has 0 aliphatic carbocycles. The van der Waals surface area contributed by atoms with E-state index in [4.69, 9.17) is 16.3 Å². The van der Waals surface area contributed by atoms with Gasteiger partial charge in [-0.3, -0.25) is 9.69 Å². The molecule has 0 bridgehead atoms. The smallest absolute Gasteiger partial charge is 0.254 e. The standard InChI is InChI=1S/C24H33ClN4O2/c1-27(2)13-14-29(24(30)20-10-11-26-23(25)15-20)17-19-7-6-12-28(16-19)18-21-8-4-5-9-22(21)31-3/h4-5,8-11,15,19H,6-7,12-14,16-18H2,1-3H3. The maximum Gasteiger partial charge on any atom is 0.254 e. The van der Waals surface area contributed by atoms with Crippen molar-refractivity contribution in [2.24, 2.45) is 5.92 Å². The second-order valence-corrected chi connectivity index (χ2v) is 8.86. The molecule has 1 aromatic heterocycles. The lowest BCUT2D eigenvalue weighted by Gasteiger charge is -2.36. The van der Waals surface area contributed by atoms with Crippen LogP contribution in [0.25, 0.3) is 0 Å². The molecule has 1 fully saturated rings. The molecular formula is C24H33ClN4O2. The molecule has 31 heavy (non-hydrogen) atoms. The minimum atomic E-state index is 0.0213. The van der Waals surface area contributed by atoms with E-state index >= 15 is 0 Å². The van der Waals surface area contributed by atoms with Crippen molar-refractivity contribution in [1.82, 2.24) is 19.7 Å². The molecule has 1 aromatic carbocycles. The number of benzene rings is 1. The molecular weight excluding hydrogens is 412 g/mol. The first-order valence-corrected chi connectivity index (χ1v) is 11.2. The number of likely N-dealkylation sites (N-methyl/N-ethyl adjacent to an activating group) is 1. The number of methoxy groups -OCH3 is 1. The van der Waals surface area contributed by atoms with Gasteiger partial charge >= 0.3 is 0 Å². The summed E-state index contributed by atoms with van der Waals surface area (Å²) in [7, 11) is 5.78. The lowest BCUT2D eigenvalue weighted by atomic mass is 9.96. The van der Waals surface area contributed by atoms with Crippen molar-refractivity contribution in [2.75, 3.05) is 53.9 Å². The van der Waals surface area contributed by atoms with Gasteiger partial charge in [-0.25, -0.2) is 4.98 Å². The summed E-state index contributed by atoms with van der Waals surface area (Å²) in [6, 6.07) is 11.6. The van der Waals surface area contributed by atoms with E-state index in [1.54, 1.807) is 25.4 Å². The Morgan fingerprint density at radius 3 is 2.81 bits per heavy atom. The third kappa shape index (κ3) is 6.92. The third-order valence-electron chi connectivity index (χ3n) is 5.75. The number of halogens is 1. The lowest BCUT2D eigenvalue weighted by molar-refractivity contribution is 0.0660. The Morgan fingerprint density at radius 1 is 1.26 bits per heavy atom. The highest BCUT2D eigenvalue weighted by atomic mass is 35.5. The highest BCUT2D eigenvalue weighted by Crippen LogP contribution is 2.24. The van der Waals surface area contributed by atoms with E-state index < -0.39 is 0 Å². The molecule has 168 valence electrons. The number of pyridine rings is 1. The van der Waals surface area contributed by atoms with Crippen molar-refractivity contribution < 1.29 is 9.53 Å². The molecule has 0 spiro atoms. The summed E-state index contributed by atoms with van der Waals surface area (Å²) >= 11 is 6.03. The van der Waals surface area contributed by atoms with Crippen molar-refractivity contribution in [3.63, 3.8) is 0 Å². The van der Waals surface area contributed by atoms with Crippen LogP contribution in [0.1, 0.15) is 28.8 Å². The number of piperidine rings is 1. The number of para-hydroxylation sites is 1. The first-order valence-electron chi connectivity index (χ1n) is 10.9. The van der Waals surface area contributed by atoms with Gasteiger partial charge in [0.15, 0.2) is 0 Å². The van der Waals surface area contributed by atoms with Gasteiger partial charge < -0.3 is 14.5 Å². The average molecular weight is 445 g/mol. The summed E-state index contributed by atoms with van der Waals surface area (Å²) < 4.78 is 5.52. The van der Waals surface area contributed by atoms with Crippen LogP contribution in [0.4, 0.5) is 0 Å². The van der Waals surface area contributed by atoms with Gasteiger partial charge in [-0.05, 0) is 57.6 Å². The van der Waals surface area contributed by atoms with Crippen molar-refractivity contribution in [3.8, 4) is 5.75 Å². The van der Waals surface area contributed by atoms with Gasteiger partial charge in [0, 0.05) is 50.0 Å². The molecule has 0 saturated carbocycles. The Hall–Kier alpha value is -2.15. The summed E-state index contributed by atoms with van der Waals surface area (Å²) in [5.41, 5.74) is 1.80. The highest BCUT2D eigenvalue weighted by molar-refractivity contribution is 6.29. The average Bonchev–Trinajstić information content (AvgIpc) is 2.76. The Labute approximate surface area is 190 Å². The van der Waals surface area contributed by atoms with Gasteiger partial charge in [-0.2, -0.15) is 0 Å². The van der Waals surface area contributed by atoms with Gasteiger partial charge in [-0.1, -0.05) is 29.8 Å². The molecule has 1 atom stereocenters.